The van der Waals surface area contributed by atoms with Gasteiger partial charge in [0.15, 0.2) is 12.0 Å². The molecule has 1 aliphatic rings. The van der Waals surface area contributed by atoms with E-state index in [0.29, 0.717) is 22.9 Å². The van der Waals surface area contributed by atoms with Crippen LogP contribution in [0.2, 0.25) is 0 Å². The first-order chi connectivity index (χ1) is 16.9. The van der Waals surface area contributed by atoms with Crippen LogP contribution in [0.25, 0.3) is 11.3 Å². The summed E-state index contributed by atoms with van der Waals surface area (Å²) < 4.78 is 45.3. The molecule has 0 radical (unpaired) electrons. The van der Waals surface area contributed by atoms with Crippen LogP contribution in [0.15, 0.2) is 36.4 Å². The third kappa shape index (κ3) is 11.1. The number of methoxy groups -OCH3 is 1. The van der Waals surface area contributed by atoms with Crippen molar-refractivity contribution in [3.05, 3.63) is 47.7 Å². The van der Waals surface area contributed by atoms with Crippen LogP contribution >= 0.6 is 0 Å². The second kappa shape index (κ2) is 15.1. The maximum absolute atomic E-state index is 12.4. The van der Waals surface area contributed by atoms with Gasteiger partial charge in [-0.3, -0.25) is 4.79 Å². The Morgan fingerprint density at radius 2 is 1.94 bits per heavy atom. The van der Waals surface area contributed by atoms with Crippen LogP contribution in [-0.2, 0) is 11.2 Å². The number of aromatic nitrogens is 1. The Kier molecular flexibility index (Phi) is 13.0. The number of nitrogens with zero attached hydrogens (tertiary/aromatic N) is 3. The molecule has 36 heavy (non-hydrogen) atoms. The third-order valence-corrected chi connectivity index (χ3v) is 5.51. The number of ether oxygens (including phenoxy) is 2. The Morgan fingerprint density at radius 3 is 2.42 bits per heavy atom. The predicted molar refractivity (Wildman–Crippen MR) is 133 cm³/mol. The number of hydrogen-bond acceptors (Lipinski definition) is 6. The quantitative estimate of drug-likeness (QED) is 0.328. The third-order valence-electron chi connectivity index (χ3n) is 5.51. The van der Waals surface area contributed by atoms with Crippen LogP contribution in [0.4, 0.5) is 13.2 Å². The fraction of sp³-hybridized carbons (Fsp3) is 0.519. The Hall–Kier alpha value is -3.12. The summed E-state index contributed by atoms with van der Waals surface area (Å²) in [6, 6.07) is 9.11. The molecule has 198 valence electrons. The van der Waals surface area contributed by atoms with E-state index < -0.39 is 6.36 Å². The smallest absolute Gasteiger partial charge is 0.406 e. The largest absolute Gasteiger partial charge is 0.573 e. The number of alkyl halides is 3. The minimum Gasteiger partial charge on any atom is -0.406 e. The van der Waals surface area contributed by atoms with E-state index in [4.69, 9.17) is 5.26 Å². The number of carbonyl (C=O) groups is 1. The molecule has 2 heterocycles. The Morgan fingerprint density at radius 1 is 1.28 bits per heavy atom. The predicted octanol–water partition coefficient (Wildman–Crippen LogP) is 6.51. The maximum Gasteiger partial charge on any atom is 0.573 e. The zero-order valence-electron chi connectivity index (χ0n) is 21.9. The van der Waals surface area contributed by atoms with Gasteiger partial charge in [-0.25, -0.2) is 4.98 Å². The molecule has 2 unspecified atom stereocenters. The number of benzene rings is 1. The number of halogens is 3. The highest BCUT2D eigenvalue weighted by Crippen LogP contribution is 2.28. The van der Waals surface area contributed by atoms with Gasteiger partial charge in [0, 0.05) is 39.8 Å². The van der Waals surface area contributed by atoms with Gasteiger partial charge in [-0.15, -0.1) is 13.2 Å². The van der Waals surface area contributed by atoms with Crippen LogP contribution in [0.5, 0.6) is 5.75 Å². The van der Waals surface area contributed by atoms with Crippen molar-refractivity contribution in [2.75, 3.05) is 27.3 Å². The van der Waals surface area contributed by atoms with Crippen molar-refractivity contribution in [2.45, 2.75) is 53.3 Å². The SMILES string of the molecule is CC1CCN(C#N)C1.CCC(C)Cc1ccc(-c2cccc(OC(F)(F)F)c2)nc1C(C)=O.COC. The summed E-state index contributed by atoms with van der Waals surface area (Å²) in [7, 11) is 3.25. The molecule has 0 N–H and O–H groups in total. The fourth-order valence-electron chi connectivity index (χ4n) is 3.52. The Labute approximate surface area is 212 Å². The van der Waals surface area contributed by atoms with Crippen molar-refractivity contribution in [3.8, 4) is 23.2 Å². The molecule has 0 aliphatic carbocycles. The fourth-order valence-corrected chi connectivity index (χ4v) is 3.52. The highest BCUT2D eigenvalue weighted by molar-refractivity contribution is 5.94. The van der Waals surface area contributed by atoms with E-state index >= 15 is 0 Å². The normalized spacial score (nSPS) is 15.6. The molecule has 9 heteroatoms. The topological polar surface area (TPSA) is 75.5 Å². The van der Waals surface area contributed by atoms with Crippen molar-refractivity contribution in [3.63, 3.8) is 0 Å². The molecule has 0 bridgehead atoms. The van der Waals surface area contributed by atoms with Crippen molar-refractivity contribution >= 4 is 5.78 Å². The zero-order chi connectivity index (χ0) is 27.3. The molecule has 1 aliphatic heterocycles. The highest BCUT2D eigenvalue weighted by atomic mass is 19.4. The van der Waals surface area contributed by atoms with E-state index in [2.05, 4.69) is 41.4 Å². The molecule has 1 saturated heterocycles. The Balaban J connectivity index is 0.000000488. The number of rotatable bonds is 6. The van der Waals surface area contributed by atoms with Crippen LogP contribution in [0.1, 0.15) is 56.6 Å². The lowest BCUT2D eigenvalue weighted by atomic mass is 9.96. The molecular formula is C27H36F3N3O3. The van der Waals surface area contributed by atoms with E-state index in [1.807, 2.05) is 11.0 Å². The van der Waals surface area contributed by atoms with E-state index in [1.165, 1.54) is 31.5 Å². The van der Waals surface area contributed by atoms with E-state index in [9.17, 15) is 18.0 Å². The molecule has 2 aromatic rings. The first kappa shape index (κ1) is 30.9. The first-order valence-electron chi connectivity index (χ1n) is 11.9. The van der Waals surface area contributed by atoms with Gasteiger partial charge in [-0.2, -0.15) is 5.26 Å². The standard InChI is InChI=1S/C19H20F3NO2.C6H10N2.C2H6O/c1-4-12(2)10-15-8-9-17(23-18(15)13(3)24)14-6-5-7-16(11-14)25-19(20,21)22;1-6-2-3-8(4-6)5-7;1-3-2/h5-9,11-12H,4,10H2,1-3H3;6H,2-4H2,1H3;1-2H3. The van der Waals surface area contributed by atoms with Gasteiger partial charge in [0.05, 0.1) is 5.69 Å². The lowest BCUT2D eigenvalue weighted by Gasteiger charge is -2.13. The summed E-state index contributed by atoms with van der Waals surface area (Å²) >= 11 is 0. The molecule has 2 atom stereocenters. The van der Waals surface area contributed by atoms with Gasteiger partial charge >= 0.3 is 6.36 Å². The summed E-state index contributed by atoms with van der Waals surface area (Å²) in [4.78, 5) is 18.1. The monoisotopic (exact) mass is 507 g/mol. The second-order valence-electron chi connectivity index (χ2n) is 8.90. The van der Waals surface area contributed by atoms with Crippen LogP contribution in [-0.4, -0.2) is 49.3 Å². The van der Waals surface area contributed by atoms with Crippen LogP contribution in [0.3, 0.4) is 0 Å². The van der Waals surface area contributed by atoms with Gasteiger partial charge in [0.2, 0.25) is 0 Å². The number of nitriles is 1. The summed E-state index contributed by atoms with van der Waals surface area (Å²) in [6.45, 7) is 9.72. The summed E-state index contributed by atoms with van der Waals surface area (Å²) in [6.07, 6.45) is 0.277. The van der Waals surface area contributed by atoms with E-state index in [-0.39, 0.29) is 11.5 Å². The van der Waals surface area contributed by atoms with Crippen LogP contribution in [0, 0.1) is 23.3 Å². The molecule has 1 aromatic carbocycles. The average molecular weight is 508 g/mol. The average Bonchev–Trinajstić information content (AvgIpc) is 3.24. The van der Waals surface area contributed by atoms with Gasteiger partial charge in [-0.05, 0) is 48.4 Å². The molecule has 3 rings (SSSR count). The van der Waals surface area contributed by atoms with Gasteiger partial charge in [0.1, 0.15) is 11.4 Å². The summed E-state index contributed by atoms with van der Waals surface area (Å²) in [5.74, 6) is 0.659. The van der Waals surface area contributed by atoms with E-state index in [1.54, 1.807) is 26.4 Å². The minimum atomic E-state index is -4.75. The lowest BCUT2D eigenvalue weighted by Crippen LogP contribution is -2.17. The lowest BCUT2D eigenvalue weighted by molar-refractivity contribution is -0.274. The number of hydrogen-bond donors (Lipinski definition) is 0. The molecule has 0 spiro atoms. The van der Waals surface area contributed by atoms with Gasteiger partial charge < -0.3 is 14.4 Å². The molecule has 6 nitrogen and oxygen atoms in total. The first-order valence-corrected chi connectivity index (χ1v) is 11.9. The van der Waals surface area contributed by atoms with Crippen molar-refractivity contribution in [1.82, 2.24) is 9.88 Å². The van der Waals surface area contributed by atoms with Crippen LogP contribution < -0.4 is 4.74 Å². The number of Topliss-reactive ketones (excluding diaryl/α,β-unsaturated/α-hetero) is 1. The van der Waals surface area contributed by atoms with Crippen molar-refractivity contribution in [2.24, 2.45) is 11.8 Å². The number of likely N-dealkylation sites (tertiary alicyclic amines) is 1. The van der Waals surface area contributed by atoms with Gasteiger partial charge in [-0.1, -0.05) is 45.4 Å². The molecule has 0 amide bonds. The van der Waals surface area contributed by atoms with Crippen molar-refractivity contribution < 1.29 is 27.4 Å². The summed E-state index contributed by atoms with van der Waals surface area (Å²) in [5, 5.41) is 8.36. The summed E-state index contributed by atoms with van der Waals surface area (Å²) in [5.41, 5.74) is 2.11. The van der Waals surface area contributed by atoms with Gasteiger partial charge in [0.25, 0.3) is 0 Å². The van der Waals surface area contributed by atoms with E-state index in [0.717, 1.165) is 37.4 Å². The minimum absolute atomic E-state index is 0.164. The maximum atomic E-state index is 12.4. The number of ketones is 1. The molecule has 0 saturated carbocycles. The van der Waals surface area contributed by atoms with Crippen molar-refractivity contribution in [1.29, 1.82) is 5.26 Å². The second-order valence-corrected chi connectivity index (χ2v) is 8.90. The zero-order valence-corrected chi connectivity index (χ0v) is 21.9. The molecule has 1 fully saturated rings. The molecule has 1 aromatic heterocycles. The Bertz CT molecular complexity index is 1010. The molecular weight excluding hydrogens is 471 g/mol. The number of pyridine rings is 1. The highest BCUT2D eigenvalue weighted by Gasteiger charge is 2.31. The number of carbonyl (C=O) groups excluding carboxylic acids is 1.